The van der Waals surface area contributed by atoms with E-state index >= 15 is 0 Å². The first-order chi connectivity index (χ1) is 9.08. The largest absolute Gasteiger partial charge is 0.480 e. The summed E-state index contributed by atoms with van der Waals surface area (Å²) in [4.78, 5) is 28.9. The zero-order valence-electron chi connectivity index (χ0n) is 10.4. The van der Waals surface area contributed by atoms with Crippen LogP contribution < -0.4 is 0 Å². The molecule has 1 N–H and O–H groups in total. The van der Waals surface area contributed by atoms with Crippen molar-refractivity contribution in [1.82, 2.24) is 9.88 Å². The minimum atomic E-state index is -0.991. The number of halogens is 1. The minimum Gasteiger partial charge on any atom is -0.480 e. The van der Waals surface area contributed by atoms with E-state index < -0.39 is 5.97 Å². The molecule has 0 spiro atoms. The lowest BCUT2D eigenvalue weighted by Crippen LogP contribution is -2.42. The van der Waals surface area contributed by atoms with Crippen molar-refractivity contribution in [1.29, 1.82) is 0 Å². The molecule has 0 atom stereocenters. The second-order valence-electron chi connectivity index (χ2n) is 4.61. The molecular weight excluding hydrogens is 312 g/mol. The van der Waals surface area contributed by atoms with Gasteiger partial charge in [-0.25, -0.2) is 4.98 Å². The molecule has 0 saturated heterocycles. The SMILES string of the molecule is O=C(O)CN(C(=O)c1cccc(Br)n1)C1CCCC1. The fourth-order valence-corrected chi connectivity index (χ4v) is 2.75. The molecule has 1 aromatic rings. The molecule has 1 saturated carbocycles. The fourth-order valence-electron chi connectivity index (χ4n) is 2.40. The van der Waals surface area contributed by atoms with Crippen molar-refractivity contribution in [2.75, 3.05) is 6.54 Å². The first kappa shape index (κ1) is 14.0. The van der Waals surface area contributed by atoms with E-state index in [0.717, 1.165) is 25.7 Å². The number of amides is 1. The maximum atomic E-state index is 12.4. The van der Waals surface area contributed by atoms with Crippen LogP contribution in [0.4, 0.5) is 0 Å². The molecule has 0 bridgehead atoms. The molecular formula is C13H15BrN2O3. The average Bonchev–Trinajstić information content (AvgIpc) is 2.88. The standard InChI is InChI=1S/C13H15BrN2O3/c14-11-7-3-6-10(15-11)13(19)16(8-12(17)18)9-4-1-2-5-9/h3,6-7,9H,1-2,4-5,8H2,(H,17,18). The number of carboxylic acid groups (broad SMARTS) is 1. The predicted octanol–water partition coefficient (Wildman–Crippen LogP) is 2.31. The van der Waals surface area contributed by atoms with Crippen molar-refractivity contribution in [3.63, 3.8) is 0 Å². The summed E-state index contributed by atoms with van der Waals surface area (Å²) in [5.41, 5.74) is 0.280. The van der Waals surface area contributed by atoms with Gasteiger partial charge in [-0.05, 0) is 40.9 Å². The van der Waals surface area contributed by atoms with Gasteiger partial charge in [-0.1, -0.05) is 18.9 Å². The second-order valence-corrected chi connectivity index (χ2v) is 5.42. The Morgan fingerprint density at radius 2 is 2.05 bits per heavy atom. The zero-order chi connectivity index (χ0) is 13.8. The van der Waals surface area contributed by atoms with Crippen molar-refractivity contribution in [3.05, 3.63) is 28.5 Å². The molecule has 2 rings (SSSR count). The lowest BCUT2D eigenvalue weighted by atomic mass is 10.2. The summed E-state index contributed by atoms with van der Waals surface area (Å²) in [5, 5.41) is 8.97. The Balaban J connectivity index is 2.21. The van der Waals surface area contributed by atoms with Gasteiger partial charge in [0.2, 0.25) is 0 Å². The van der Waals surface area contributed by atoms with Crippen LogP contribution in [0, 0.1) is 0 Å². The Bertz CT molecular complexity index is 487. The van der Waals surface area contributed by atoms with Crippen molar-refractivity contribution in [2.24, 2.45) is 0 Å². The molecule has 0 aliphatic heterocycles. The molecule has 6 heteroatoms. The number of carbonyl (C=O) groups excluding carboxylic acids is 1. The third kappa shape index (κ3) is 3.53. The number of hydrogen-bond acceptors (Lipinski definition) is 3. The maximum absolute atomic E-state index is 12.4. The van der Waals surface area contributed by atoms with Crippen LogP contribution in [0.5, 0.6) is 0 Å². The molecule has 1 heterocycles. The summed E-state index contributed by atoms with van der Waals surface area (Å²) >= 11 is 3.22. The van der Waals surface area contributed by atoms with Gasteiger partial charge in [-0.15, -0.1) is 0 Å². The summed E-state index contributed by atoms with van der Waals surface area (Å²) in [5.74, 6) is -1.30. The van der Waals surface area contributed by atoms with Crippen molar-refractivity contribution >= 4 is 27.8 Å². The number of aromatic nitrogens is 1. The summed E-state index contributed by atoms with van der Waals surface area (Å²) < 4.78 is 0.569. The van der Waals surface area contributed by atoms with Crippen LogP contribution in [0.3, 0.4) is 0 Å². The molecule has 1 aromatic heterocycles. The van der Waals surface area contributed by atoms with E-state index in [1.54, 1.807) is 18.2 Å². The van der Waals surface area contributed by atoms with E-state index in [1.807, 2.05) is 0 Å². The van der Waals surface area contributed by atoms with Gasteiger partial charge in [0.15, 0.2) is 0 Å². The number of aliphatic carboxylic acids is 1. The summed E-state index contributed by atoms with van der Waals surface area (Å²) in [6, 6.07) is 5.08. The quantitative estimate of drug-likeness (QED) is 0.862. The van der Waals surface area contributed by atoms with Crippen molar-refractivity contribution < 1.29 is 14.7 Å². The molecule has 1 fully saturated rings. The number of pyridine rings is 1. The lowest BCUT2D eigenvalue weighted by Gasteiger charge is -2.27. The number of carboxylic acids is 1. The smallest absolute Gasteiger partial charge is 0.323 e. The fraction of sp³-hybridized carbons (Fsp3) is 0.462. The van der Waals surface area contributed by atoms with Crippen LogP contribution in [0.25, 0.3) is 0 Å². The van der Waals surface area contributed by atoms with Gasteiger partial charge in [0.1, 0.15) is 16.8 Å². The first-order valence-electron chi connectivity index (χ1n) is 6.23. The molecule has 0 radical (unpaired) electrons. The molecule has 0 unspecified atom stereocenters. The van der Waals surface area contributed by atoms with Crippen LogP contribution in [0.15, 0.2) is 22.8 Å². The van der Waals surface area contributed by atoms with Crippen molar-refractivity contribution in [3.8, 4) is 0 Å². The highest BCUT2D eigenvalue weighted by molar-refractivity contribution is 9.10. The Labute approximate surface area is 119 Å². The lowest BCUT2D eigenvalue weighted by molar-refractivity contribution is -0.138. The van der Waals surface area contributed by atoms with Gasteiger partial charge in [-0.3, -0.25) is 9.59 Å². The monoisotopic (exact) mass is 326 g/mol. The van der Waals surface area contributed by atoms with Crippen LogP contribution in [-0.2, 0) is 4.79 Å². The van der Waals surface area contributed by atoms with E-state index in [9.17, 15) is 9.59 Å². The minimum absolute atomic E-state index is 0.0179. The van der Waals surface area contributed by atoms with Gasteiger partial charge < -0.3 is 10.0 Å². The molecule has 19 heavy (non-hydrogen) atoms. The summed E-state index contributed by atoms with van der Waals surface area (Å²) in [7, 11) is 0. The van der Waals surface area contributed by atoms with Gasteiger partial charge in [0.25, 0.3) is 5.91 Å². The maximum Gasteiger partial charge on any atom is 0.323 e. The highest BCUT2D eigenvalue weighted by Crippen LogP contribution is 2.24. The van der Waals surface area contributed by atoms with Crippen LogP contribution in [0.1, 0.15) is 36.2 Å². The first-order valence-corrected chi connectivity index (χ1v) is 7.02. The van der Waals surface area contributed by atoms with Crippen LogP contribution in [-0.4, -0.2) is 39.5 Å². The van der Waals surface area contributed by atoms with Crippen molar-refractivity contribution in [2.45, 2.75) is 31.7 Å². The number of nitrogens with zero attached hydrogens (tertiary/aromatic N) is 2. The molecule has 1 aliphatic rings. The molecule has 0 aromatic carbocycles. The molecule has 102 valence electrons. The highest BCUT2D eigenvalue weighted by Gasteiger charge is 2.29. The normalized spacial score (nSPS) is 15.4. The van der Waals surface area contributed by atoms with E-state index in [0.29, 0.717) is 4.60 Å². The summed E-state index contributed by atoms with van der Waals surface area (Å²) in [6.45, 7) is -0.266. The average molecular weight is 327 g/mol. The predicted molar refractivity (Wildman–Crippen MR) is 72.9 cm³/mol. The van der Waals surface area contributed by atoms with E-state index in [-0.39, 0.29) is 24.2 Å². The van der Waals surface area contributed by atoms with E-state index in [4.69, 9.17) is 5.11 Å². The third-order valence-electron chi connectivity index (χ3n) is 3.27. The Kier molecular flexibility index (Phi) is 4.52. The van der Waals surface area contributed by atoms with Gasteiger partial charge in [-0.2, -0.15) is 0 Å². The summed E-state index contributed by atoms with van der Waals surface area (Å²) in [6.07, 6.45) is 3.82. The Morgan fingerprint density at radius 3 is 2.63 bits per heavy atom. The Morgan fingerprint density at radius 1 is 1.37 bits per heavy atom. The number of hydrogen-bond donors (Lipinski definition) is 1. The Hall–Kier alpha value is -1.43. The van der Waals surface area contributed by atoms with Crippen LogP contribution >= 0.6 is 15.9 Å². The molecule has 1 amide bonds. The van der Waals surface area contributed by atoms with E-state index in [1.165, 1.54) is 4.90 Å². The highest BCUT2D eigenvalue weighted by atomic mass is 79.9. The van der Waals surface area contributed by atoms with Gasteiger partial charge in [0, 0.05) is 6.04 Å². The molecule has 5 nitrogen and oxygen atoms in total. The topological polar surface area (TPSA) is 70.5 Å². The van der Waals surface area contributed by atoms with Crippen LogP contribution in [0.2, 0.25) is 0 Å². The number of rotatable bonds is 4. The second kappa shape index (κ2) is 6.14. The molecule has 1 aliphatic carbocycles. The third-order valence-corrected chi connectivity index (χ3v) is 3.71. The van der Waals surface area contributed by atoms with E-state index in [2.05, 4.69) is 20.9 Å². The number of carbonyl (C=O) groups is 2. The van der Waals surface area contributed by atoms with Gasteiger partial charge in [0.05, 0.1) is 0 Å². The zero-order valence-corrected chi connectivity index (χ0v) is 12.0. The van der Waals surface area contributed by atoms with Gasteiger partial charge >= 0.3 is 5.97 Å².